The second-order valence-electron chi connectivity index (χ2n) is 4.89. The minimum atomic E-state index is 0.515. The maximum atomic E-state index is 9.08. The van der Waals surface area contributed by atoms with Gasteiger partial charge >= 0.3 is 0 Å². The van der Waals surface area contributed by atoms with Crippen molar-refractivity contribution < 1.29 is 4.52 Å². The molecule has 0 radical (unpaired) electrons. The Morgan fingerprint density at radius 2 is 2.35 bits per heavy atom. The van der Waals surface area contributed by atoms with Gasteiger partial charge < -0.3 is 15.6 Å². The Balaban J connectivity index is 1.69. The van der Waals surface area contributed by atoms with Gasteiger partial charge in [-0.05, 0) is 25.7 Å². The van der Waals surface area contributed by atoms with Crippen molar-refractivity contribution in [2.45, 2.75) is 32.1 Å². The quantitative estimate of drug-likeness (QED) is 0.876. The molecule has 1 fully saturated rings. The van der Waals surface area contributed by atoms with Crippen LogP contribution in [0.2, 0.25) is 0 Å². The number of rotatable bonds is 5. The Morgan fingerprint density at radius 3 is 2.95 bits per heavy atom. The van der Waals surface area contributed by atoms with Crippen LogP contribution in [0.15, 0.2) is 4.52 Å². The lowest BCUT2D eigenvalue weighted by atomic mass is 10.1. The third kappa shape index (κ3) is 2.47. The Labute approximate surface area is 120 Å². The summed E-state index contributed by atoms with van der Waals surface area (Å²) in [4.78, 5) is 4.76. The lowest BCUT2D eigenvalue weighted by Gasteiger charge is -2.05. The van der Waals surface area contributed by atoms with Crippen molar-refractivity contribution in [3.8, 4) is 6.07 Å². The summed E-state index contributed by atoms with van der Waals surface area (Å²) in [5.74, 6) is 1.78. The molecule has 104 valence electrons. The average Bonchev–Trinajstić information content (AvgIpc) is 3.10. The first-order valence-electron chi connectivity index (χ1n) is 6.54. The normalized spacial score (nSPS) is 14.2. The van der Waals surface area contributed by atoms with Gasteiger partial charge in [-0.15, -0.1) is 11.3 Å². The van der Waals surface area contributed by atoms with E-state index in [0.29, 0.717) is 41.2 Å². The van der Waals surface area contributed by atoms with Crippen molar-refractivity contribution >= 4 is 22.0 Å². The van der Waals surface area contributed by atoms with Crippen LogP contribution in [0.25, 0.3) is 0 Å². The SMILES string of the molecule is Cc1noc(CCNc2sc(C#N)c(N)c2C2CC2)n1. The van der Waals surface area contributed by atoms with E-state index in [1.165, 1.54) is 11.3 Å². The Morgan fingerprint density at radius 1 is 1.55 bits per heavy atom. The minimum absolute atomic E-state index is 0.515. The molecule has 20 heavy (non-hydrogen) atoms. The summed E-state index contributed by atoms with van der Waals surface area (Å²) < 4.78 is 5.07. The molecule has 3 N–H and O–H groups in total. The monoisotopic (exact) mass is 289 g/mol. The van der Waals surface area contributed by atoms with Gasteiger partial charge in [-0.3, -0.25) is 0 Å². The fourth-order valence-electron chi connectivity index (χ4n) is 2.17. The molecule has 0 spiro atoms. The number of nitrogens with zero attached hydrogens (tertiary/aromatic N) is 3. The third-order valence-corrected chi connectivity index (χ3v) is 4.35. The largest absolute Gasteiger partial charge is 0.397 e. The first kappa shape index (κ1) is 12.9. The van der Waals surface area contributed by atoms with Crippen molar-refractivity contribution in [3.63, 3.8) is 0 Å². The molecular weight excluding hydrogens is 274 g/mol. The number of anilines is 2. The second-order valence-corrected chi connectivity index (χ2v) is 5.91. The number of aromatic nitrogens is 2. The number of thiophene rings is 1. The van der Waals surface area contributed by atoms with E-state index in [2.05, 4.69) is 21.5 Å². The lowest BCUT2D eigenvalue weighted by Crippen LogP contribution is -2.05. The fraction of sp³-hybridized carbons (Fsp3) is 0.462. The molecule has 1 saturated carbocycles. The Kier molecular flexibility index (Phi) is 3.32. The number of nitrogens with one attached hydrogen (secondary N) is 1. The molecule has 2 aromatic heterocycles. The Bertz CT molecular complexity index is 665. The molecule has 7 heteroatoms. The van der Waals surface area contributed by atoms with Gasteiger partial charge in [0, 0.05) is 18.5 Å². The number of hydrogen-bond acceptors (Lipinski definition) is 7. The standard InChI is InChI=1S/C13H15N5OS/c1-7-17-10(19-18-7)4-5-16-13-11(8-2-3-8)12(15)9(6-14)20-13/h8,16H,2-5,15H2,1H3. The van der Waals surface area contributed by atoms with Crippen LogP contribution in [-0.4, -0.2) is 16.7 Å². The molecule has 0 unspecified atom stereocenters. The molecule has 0 saturated heterocycles. The number of nitrogens with two attached hydrogens (primary N) is 1. The molecule has 0 aromatic carbocycles. The smallest absolute Gasteiger partial charge is 0.228 e. The molecule has 0 aliphatic heterocycles. The first-order valence-corrected chi connectivity index (χ1v) is 7.36. The summed E-state index contributed by atoms with van der Waals surface area (Å²) in [5.41, 5.74) is 7.82. The van der Waals surface area contributed by atoms with Crippen LogP contribution >= 0.6 is 11.3 Å². The molecule has 2 aromatic rings. The van der Waals surface area contributed by atoms with E-state index < -0.39 is 0 Å². The van der Waals surface area contributed by atoms with Gasteiger partial charge in [0.1, 0.15) is 10.9 Å². The zero-order valence-corrected chi connectivity index (χ0v) is 12.0. The molecule has 0 atom stereocenters. The van der Waals surface area contributed by atoms with Crippen LogP contribution in [0.3, 0.4) is 0 Å². The maximum Gasteiger partial charge on any atom is 0.228 e. The highest BCUT2D eigenvalue weighted by molar-refractivity contribution is 7.17. The molecule has 0 amide bonds. The van der Waals surface area contributed by atoms with Gasteiger partial charge in [0.2, 0.25) is 5.89 Å². The Hall–Kier alpha value is -2.07. The highest BCUT2D eigenvalue weighted by Crippen LogP contribution is 2.50. The van der Waals surface area contributed by atoms with Gasteiger partial charge in [0.05, 0.1) is 10.7 Å². The number of hydrogen-bond donors (Lipinski definition) is 2. The lowest BCUT2D eigenvalue weighted by molar-refractivity contribution is 0.377. The van der Waals surface area contributed by atoms with E-state index in [-0.39, 0.29) is 0 Å². The molecule has 2 heterocycles. The summed E-state index contributed by atoms with van der Waals surface area (Å²) in [6.45, 7) is 2.48. The first-order chi connectivity index (χ1) is 9.69. The maximum absolute atomic E-state index is 9.08. The fourth-order valence-corrected chi connectivity index (χ4v) is 3.20. The molecule has 6 nitrogen and oxygen atoms in total. The van der Waals surface area contributed by atoms with E-state index >= 15 is 0 Å². The number of nitrogen functional groups attached to an aromatic ring is 1. The molecule has 1 aliphatic carbocycles. The van der Waals surface area contributed by atoms with Gasteiger partial charge in [-0.2, -0.15) is 10.2 Å². The van der Waals surface area contributed by atoms with Crippen LogP contribution < -0.4 is 11.1 Å². The van der Waals surface area contributed by atoms with Gasteiger partial charge in [0.15, 0.2) is 5.82 Å². The topological polar surface area (TPSA) is 101 Å². The number of nitriles is 1. The predicted molar refractivity (Wildman–Crippen MR) is 76.7 cm³/mol. The highest BCUT2D eigenvalue weighted by atomic mass is 32.1. The van der Waals surface area contributed by atoms with E-state index in [1.54, 1.807) is 6.92 Å². The molecule has 3 rings (SSSR count). The summed E-state index contributed by atoms with van der Waals surface area (Å²) >= 11 is 1.43. The summed E-state index contributed by atoms with van der Waals surface area (Å²) in [7, 11) is 0. The second kappa shape index (κ2) is 5.13. The van der Waals surface area contributed by atoms with Crippen LogP contribution in [0.1, 0.15) is 40.9 Å². The zero-order valence-electron chi connectivity index (χ0n) is 11.1. The van der Waals surface area contributed by atoms with Gasteiger partial charge in [0.25, 0.3) is 0 Å². The van der Waals surface area contributed by atoms with Gasteiger partial charge in [-0.1, -0.05) is 5.16 Å². The minimum Gasteiger partial charge on any atom is -0.397 e. The van der Waals surface area contributed by atoms with Crippen LogP contribution in [0, 0.1) is 18.3 Å². The van der Waals surface area contributed by atoms with Crippen molar-refractivity contribution in [2.75, 3.05) is 17.6 Å². The number of aryl methyl sites for hydroxylation is 1. The molecular formula is C13H15N5OS. The van der Waals surface area contributed by atoms with Crippen molar-refractivity contribution in [3.05, 3.63) is 22.2 Å². The average molecular weight is 289 g/mol. The molecule has 0 bridgehead atoms. The molecule has 1 aliphatic rings. The summed E-state index contributed by atoms with van der Waals surface area (Å²) in [6.07, 6.45) is 2.97. The van der Waals surface area contributed by atoms with Gasteiger partial charge in [-0.25, -0.2) is 0 Å². The van der Waals surface area contributed by atoms with Crippen LogP contribution in [-0.2, 0) is 6.42 Å². The van der Waals surface area contributed by atoms with Crippen LogP contribution in [0.5, 0.6) is 0 Å². The summed E-state index contributed by atoms with van der Waals surface area (Å²) in [5, 5.41) is 17.2. The summed E-state index contributed by atoms with van der Waals surface area (Å²) in [6, 6.07) is 2.16. The van der Waals surface area contributed by atoms with Crippen molar-refractivity contribution in [2.24, 2.45) is 0 Å². The van der Waals surface area contributed by atoms with Crippen molar-refractivity contribution in [1.82, 2.24) is 10.1 Å². The van der Waals surface area contributed by atoms with E-state index in [4.69, 9.17) is 15.5 Å². The van der Waals surface area contributed by atoms with Crippen molar-refractivity contribution in [1.29, 1.82) is 5.26 Å². The van der Waals surface area contributed by atoms with Crippen LogP contribution in [0.4, 0.5) is 10.7 Å². The highest BCUT2D eigenvalue weighted by Gasteiger charge is 2.31. The third-order valence-electron chi connectivity index (χ3n) is 3.26. The van der Waals surface area contributed by atoms with E-state index in [0.717, 1.165) is 23.4 Å². The zero-order chi connectivity index (χ0) is 14.1. The van der Waals surface area contributed by atoms with E-state index in [9.17, 15) is 0 Å². The predicted octanol–water partition coefficient (Wildman–Crippen LogP) is 2.43. The van der Waals surface area contributed by atoms with E-state index in [1.807, 2.05) is 0 Å².